The first-order valence-corrected chi connectivity index (χ1v) is 7.78. The molecule has 0 N–H and O–H groups in total. The van der Waals surface area contributed by atoms with Crippen LogP contribution in [0.15, 0.2) is 15.0 Å². The number of hydrogen-bond donors (Lipinski definition) is 0. The number of carbonyl (C=O) groups is 1. The minimum Gasteiger partial charge on any atom is -0.495 e. The third-order valence-corrected chi connectivity index (χ3v) is 4.00. The van der Waals surface area contributed by atoms with Gasteiger partial charge in [0.15, 0.2) is 5.78 Å². The Morgan fingerprint density at radius 3 is 1.82 bits per heavy atom. The van der Waals surface area contributed by atoms with Gasteiger partial charge in [0, 0.05) is 0 Å². The van der Waals surface area contributed by atoms with E-state index in [2.05, 4.69) is 63.7 Å². The molecule has 1 rings (SSSR count). The van der Waals surface area contributed by atoms with Crippen LogP contribution >= 0.6 is 63.7 Å². The van der Waals surface area contributed by atoms with Gasteiger partial charge in [-0.25, -0.2) is 0 Å². The van der Waals surface area contributed by atoms with Crippen molar-refractivity contribution in [3.05, 3.63) is 20.6 Å². The number of rotatable bonds is 4. The average Bonchev–Trinajstić information content (AvgIpc) is 2.27. The smallest absolute Gasteiger partial charge is 0.194 e. The predicted molar refractivity (Wildman–Crippen MR) is 80.9 cm³/mol. The molecule has 0 saturated carbocycles. The second-order valence-electron chi connectivity index (χ2n) is 2.95. The summed E-state index contributed by atoms with van der Waals surface area (Å²) in [6, 6.07) is 1.77. The van der Waals surface area contributed by atoms with Crippen molar-refractivity contribution in [3.63, 3.8) is 0 Å². The molecule has 0 radical (unpaired) electrons. The molecular weight excluding hydrogens is 488 g/mol. The number of halogens is 4. The lowest BCUT2D eigenvalue weighted by Gasteiger charge is -2.15. The molecule has 0 heterocycles. The molecule has 0 aliphatic carbocycles. The fourth-order valence-electron chi connectivity index (χ4n) is 1.32. The lowest BCUT2D eigenvalue weighted by molar-refractivity contribution is 0.101. The Morgan fingerprint density at radius 1 is 1.12 bits per heavy atom. The zero-order valence-electron chi connectivity index (χ0n) is 8.89. The van der Waals surface area contributed by atoms with Gasteiger partial charge in [-0.2, -0.15) is 0 Å². The van der Waals surface area contributed by atoms with Crippen LogP contribution in [0.4, 0.5) is 0 Å². The maximum atomic E-state index is 12.1. The van der Waals surface area contributed by atoms with Gasteiger partial charge in [-0.3, -0.25) is 4.79 Å². The molecular formula is C10H8Br4O3. The Labute approximate surface area is 133 Å². The van der Waals surface area contributed by atoms with Gasteiger partial charge in [0.25, 0.3) is 0 Å². The summed E-state index contributed by atoms with van der Waals surface area (Å²) in [5.41, 5.74) is 0.370. The van der Waals surface area contributed by atoms with Crippen molar-refractivity contribution in [2.24, 2.45) is 0 Å². The van der Waals surface area contributed by atoms with Crippen LogP contribution in [0.25, 0.3) is 0 Å². The topological polar surface area (TPSA) is 35.5 Å². The lowest BCUT2D eigenvalue weighted by atomic mass is 10.1. The molecule has 3 nitrogen and oxygen atoms in total. The predicted octanol–water partition coefficient (Wildman–Crippen LogP) is 4.53. The Kier molecular flexibility index (Phi) is 5.95. The number of ether oxygens (including phenoxy) is 2. The van der Waals surface area contributed by atoms with Crippen LogP contribution in [-0.4, -0.2) is 23.7 Å². The number of hydrogen-bond acceptors (Lipinski definition) is 3. The lowest BCUT2D eigenvalue weighted by Crippen LogP contribution is -2.11. The molecule has 0 aromatic heterocycles. The summed E-state index contributed by atoms with van der Waals surface area (Å²) in [6.07, 6.45) is 0. The van der Waals surface area contributed by atoms with Crippen LogP contribution in [-0.2, 0) is 0 Å². The highest BCUT2D eigenvalue weighted by Crippen LogP contribution is 2.42. The normalized spacial score (nSPS) is 10.5. The largest absolute Gasteiger partial charge is 0.495 e. The van der Waals surface area contributed by atoms with Crippen LogP contribution in [0, 0.1) is 0 Å². The quantitative estimate of drug-likeness (QED) is 0.455. The zero-order chi connectivity index (χ0) is 13.2. The molecule has 0 fully saturated rings. The van der Waals surface area contributed by atoms with E-state index in [1.54, 1.807) is 6.07 Å². The van der Waals surface area contributed by atoms with Crippen LogP contribution in [0.1, 0.15) is 10.4 Å². The van der Waals surface area contributed by atoms with E-state index < -0.39 is 3.74 Å². The molecule has 0 aliphatic heterocycles. The summed E-state index contributed by atoms with van der Waals surface area (Å²) >= 11 is 13.0. The Balaban J connectivity index is 3.57. The monoisotopic (exact) mass is 492 g/mol. The standard InChI is InChI=1S/C10H8Br4O3/c1-16-8-4(11)3-5(12)9(17-2)6(8)7(15)10(13)14/h3,10H,1-2H3. The van der Waals surface area contributed by atoms with Gasteiger partial charge in [0.1, 0.15) is 20.8 Å². The molecule has 1 aromatic carbocycles. The van der Waals surface area contributed by atoms with Crippen molar-refractivity contribution < 1.29 is 14.3 Å². The van der Waals surface area contributed by atoms with Crippen molar-refractivity contribution in [3.8, 4) is 11.5 Å². The first-order valence-electron chi connectivity index (χ1n) is 4.36. The van der Waals surface area contributed by atoms with E-state index in [9.17, 15) is 4.79 Å². The fourth-order valence-corrected chi connectivity index (χ4v) is 3.26. The van der Waals surface area contributed by atoms with Gasteiger partial charge in [-0.1, -0.05) is 31.9 Å². The van der Waals surface area contributed by atoms with Gasteiger partial charge in [-0.15, -0.1) is 0 Å². The molecule has 0 bridgehead atoms. The highest BCUT2D eigenvalue weighted by atomic mass is 79.9. The van der Waals surface area contributed by atoms with Crippen molar-refractivity contribution in [2.75, 3.05) is 14.2 Å². The summed E-state index contributed by atoms with van der Waals surface area (Å²) in [4.78, 5) is 12.1. The van der Waals surface area contributed by atoms with Gasteiger partial charge in [0.05, 0.1) is 23.2 Å². The molecule has 0 saturated heterocycles. The third kappa shape index (κ3) is 3.24. The molecule has 0 spiro atoms. The summed E-state index contributed by atoms with van der Waals surface area (Å²) < 4.78 is 11.3. The first kappa shape index (κ1) is 15.5. The Bertz CT molecular complexity index is 417. The molecule has 17 heavy (non-hydrogen) atoms. The minimum absolute atomic E-state index is 0.180. The molecule has 0 unspecified atom stereocenters. The van der Waals surface area contributed by atoms with E-state index in [0.717, 1.165) is 0 Å². The molecule has 94 valence electrons. The van der Waals surface area contributed by atoms with E-state index in [0.29, 0.717) is 26.0 Å². The van der Waals surface area contributed by atoms with Crippen molar-refractivity contribution in [1.29, 1.82) is 0 Å². The van der Waals surface area contributed by atoms with E-state index >= 15 is 0 Å². The molecule has 0 aliphatic rings. The second-order valence-corrected chi connectivity index (χ2v) is 7.72. The van der Waals surface area contributed by atoms with Crippen LogP contribution in [0.3, 0.4) is 0 Å². The minimum atomic E-state index is -0.501. The number of alkyl halides is 2. The summed E-state index contributed by atoms with van der Waals surface area (Å²) in [5, 5.41) is 0. The molecule has 0 atom stereocenters. The maximum Gasteiger partial charge on any atom is 0.194 e. The van der Waals surface area contributed by atoms with E-state index in [1.165, 1.54) is 14.2 Å². The zero-order valence-corrected chi connectivity index (χ0v) is 15.2. The molecule has 1 aromatic rings. The Hall–Kier alpha value is 0.410. The Morgan fingerprint density at radius 2 is 1.53 bits per heavy atom. The van der Waals surface area contributed by atoms with Crippen molar-refractivity contribution >= 4 is 69.5 Å². The summed E-state index contributed by atoms with van der Waals surface area (Å²) in [6.45, 7) is 0. The van der Waals surface area contributed by atoms with Crippen molar-refractivity contribution in [1.82, 2.24) is 0 Å². The van der Waals surface area contributed by atoms with Crippen LogP contribution in [0.2, 0.25) is 0 Å². The van der Waals surface area contributed by atoms with Gasteiger partial charge >= 0.3 is 0 Å². The number of Topliss-reactive ketones (excluding diaryl/α,β-unsaturated/α-hetero) is 1. The summed E-state index contributed by atoms with van der Waals surface area (Å²) in [5.74, 6) is 0.707. The number of benzene rings is 1. The first-order chi connectivity index (χ1) is 7.93. The maximum absolute atomic E-state index is 12.1. The third-order valence-electron chi connectivity index (χ3n) is 1.99. The van der Waals surface area contributed by atoms with Gasteiger partial charge in [-0.05, 0) is 37.9 Å². The van der Waals surface area contributed by atoms with Crippen LogP contribution in [0.5, 0.6) is 11.5 Å². The number of carbonyl (C=O) groups excluding carboxylic acids is 1. The number of ketones is 1. The molecule has 0 amide bonds. The second kappa shape index (κ2) is 6.54. The van der Waals surface area contributed by atoms with E-state index in [4.69, 9.17) is 9.47 Å². The highest BCUT2D eigenvalue weighted by molar-refractivity contribution is 9.25. The van der Waals surface area contributed by atoms with Gasteiger partial charge in [0.2, 0.25) is 0 Å². The molecule has 7 heteroatoms. The average molecular weight is 496 g/mol. The van der Waals surface area contributed by atoms with Crippen molar-refractivity contribution in [2.45, 2.75) is 3.74 Å². The fraction of sp³-hybridized carbons (Fsp3) is 0.300. The van der Waals surface area contributed by atoms with E-state index in [-0.39, 0.29) is 5.78 Å². The van der Waals surface area contributed by atoms with Crippen LogP contribution < -0.4 is 9.47 Å². The highest BCUT2D eigenvalue weighted by Gasteiger charge is 2.26. The number of methoxy groups -OCH3 is 2. The SMILES string of the molecule is COc1c(Br)cc(Br)c(OC)c1C(=O)C(Br)Br. The van der Waals surface area contributed by atoms with Gasteiger partial charge < -0.3 is 9.47 Å². The summed E-state index contributed by atoms with van der Waals surface area (Å²) in [7, 11) is 3.00. The van der Waals surface area contributed by atoms with E-state index in [1.807, 2.05) is 0 Å².